The SMILES string of the molecule is CC1(C)c2cc(N(c3ccc(C4CC5CCC4C5)cc3)c3cccc(-c4ccccc4C4CCCCC4)c3)ccc2-c2c(-c3ccccc3-c3ccccc3)cccc21. The van der Waals surface area contributed by atoms with E-state index in [2.05, 4.69) is 183 Å². The molecule has 0 aliphatic heterocycles. The molecule has 7 aromatic carbocycles. The molecule has 3 atom stereocenters. The van der Waals surface area contributed by atoms with Crippen LogP contribution in [0.4, 0.5) is 17.1 Å². The summed E-state index contributed by atoms with van der Waals surface area (Å²) in [6.07, 6.45) is 12.3. The molecule has 3 saturated carbocycles. The molecule has 0 aromatic heterocycles. The third-order valence-corrected chi connectivity index (χ3v) is 15.0. The Morgan fingerprint density at radius 3 is 1.92 bits per heavy atom. The van der Waals surface area contributed by atoms with Crippen molar-refractivity contribution in [3.8, 4) is 44.5 Å². The highest BCUT2D eigenvalue weighted by atomic mass is 15.1. The third-order valence-electron chi connectivity index (χ3n) is 15.0. The molecule has 0 spiro atoms. The van der Waals surface area contributed by atoms with Crippen LogP contribution in [-0.2, 0) is 5.41 Å². The van der Waals surface area contributed by atoms with Gasteiger partial charge in [0.15, 0.2) is 0 Å². The van der Waals surface area contributed by atoms with Crippen molar-refractivity contribution in [3.63, 3.8) is 0 Å². The maximum absolute atomic E-state index is 2.53. The molecule has 3 unspecified atom stereocenters. The van der Waals surface area contributed by atoms with Gasteiger partial charge in [-0.1, -0.05) is 167 Å². The molecular formula is C58H55N. The van der Waals surface area contributed by atoms with E-state index in [-0.39, 0.29) is 5.41 Å². The number of anilines is 3. The predicted molar refractivity (Wildman–Crippen MR) is 249 cm³/mol. The third kappa shape index (κ3) is 6.37. The Morgan fingerprint density at radius 1 is 0.458 bits per heavy atom. The van der Waals surface area contributed by atoms with E-state index in [1.807, 2.05) is 0 Å². The molecule has 4 aliphatic rings. The summed E-state index contributed by atoms with van der Waals surface area (Å²) in [5.41, 5.74) is 19.8. The largest absolute Gasteiger partial charge is 0.310 e. The number of hydrogen-bond donors (Lipinski definition) is 0. The quantitative estimate of drug-likeness (QED) is 0.149. The van der Waals surface area contributed by atoms with E-state index >= 15 is 0 Å². The standard InChI is InChI=1S/C58H55N/c1-58(2)55-26-14-25-52(51-24-12-11-22-49(51)41-17-7-4-8-18-41)57(55)53-34-33-47(38-56(53)58)59(45-31-29-42(30-32-45)54-36-39-27-28-44(54)35-39)46-20-13-19-43(37-46)50-23-10-9-21-48(50)40-15-5-3-6-16-40/h4,7-14,17-26,29-34,37-40,44,54H,3,5-6,15-16,27-28,35-36H2,1-2H3. The van der Waals surface area contributed by atoms with Crippen molar-refractivity contribution < 1.29 is 0 Å². The fourth-order valence-electron chi connectivity index (χ4n) is 12.0. The molecule has 4 aliphatic carbocycles. The van der Waals surface area contributed by atoms with Crippen molar-refractivity contribution in [2.24, 2.45) is 11.8 Å². The first-order chi connectivity index (χ1) is 29.0. The van der Waals surface area contributed by atoms with E-state index < -0.39 is 0 Å². The van der Waals surface area contributed by atoms with Crippen LogP contribution in [0.1, 0.15) is 106 Å². The monoisotopic (exact) mass is 765 g/mol. The summed E-state index contributed by atoms with van der Waals surface area (Å²) < 4.78 is 0. The van der Waals surface area contributed by atoms with Crippen LogP contribution in [0.3, 0.4) is 0 Å². The number of fused-ring (bicyclic) bond motifs is 5. The summed E-state index contributed by atoms with van der Waals surface area (Å²) in [5.74, 6) is 3.17. The molecule has 0 N–H and O–H groups in total. The van der Waals surface area contributed by atoms with Gasteiger partial charge in [0.05, 0.1) is 0 Å². The van der Waals surface area contributed by atoms with Gasteiger partial charge >= 0.3 is 0 Å². The molecule has 2 bridgehead atoms. The van der Waals surface area contributed by atoms with E-state index in [0.717, 1.165) is 17.8 Å². The molecule has 0 amide bonds. The lowest BCUT2D eigenvalue weighted by Gasteiger charge is -2.29. The van der Waals surface area contributed by atoms with Crippen LogP contribution in [0.5, 0.6) is 0 Å². The minimum atomic E-state index is -0.170. The van der Waals surface area contributed by atoms with Gasteiger partial charge in [-0.25, -0.2) is 0 Å². The highest BCUT2D eigenvalue weighted by Gasteiger charge is 2.40. The Labute approximate surface area is 351 Å². The first-order valence-electron chi connectivity index (χ1n) is 22.5. The lowest BCUT2D eigenvalue weighted by atomic mass is 9.81. The molecule has 1 nitrogen and oxygen atoms in total. The second-order valence-electron chi connectivity index (χ2n) is 18.7. The van der Waals surface area contributed by atoms with Gasteiger partial charge in [-0.2, -0.15) is 0 Å². The van der Waals surface area contributed by atoms with E-state index in [0.29, 0.717) is 5.92 Å². The van der Waals surface area contributed by atoms with Crippen molar-refractivity contribution in [3.05, 3.63) is 186 Å². The Hall–Kier alpha value is -5.66. The normalized spacial score (nSPS) is 20.3. The highest BCUT2D eigenvalue weighted by Crippen LogP contribution is 2.56. The molecule has 292 valence electrons. The summed E-state index contributed by atoms with van der Waals surface area (Å²) in [6.45, 7) is 4.84. The van der Waals surface area contributed by atoms with E-state index in [4.69, 9.17) is 0 Å². The van der Waals surface area contributed by atoms with Gasteiger partial charge in [-0.15, -0.1) is 0 Å². The molecule has 11 rings (SSSR count). The Bertz CT molecular complexity index is 2640. The number of hydrogen-bond acceptors (Lipinski definition) is 1. The van der Waals surface area contributed by atoms with Crippen LogP contribution < -0.4 is 4.90 Å². The molecule has 0 radical (unpaired) electrons. The van der Waals surface area contributed by atoms with Crippen LogP contribution in [0.2, 0.25) is 0 Å². The minimum Gasteiger partial charge on any atom is -0.310 e. The van der Waals surface area contributed by atoms with Crippen molar-refractivity contribution >= 4 is 17.1 Å². The molecule has 59 heavy (non-hydrogen) atoms. The molecular weight excluding hydrogens is 711 g/mol. The van der Waals surface area contributed by atoms with Crippen LogP contribution in [0.25, 0.3) is 44.5 Å². The Kier molecular flexibility index (Phi) is 9.18. The molecule has 1 heteroatoms. The van der Waals surface area contributed by atoms with Crippen LogP contribution in [0, 0.1) is 11.8 Å². The molecule has 7 aromatic rings. The lowest BCUT2D eigenvalue weighted by Crippen LogP contribution is -2.16. The van der Waals surface area contributed by atoms with Gasteiger partial charge < -0.3 is 4.90 Å². The zero-order valence-corrected chi connectivity index (χ0v) is 34.7. The summed E-state index contributed by atoms with van der Waals surface area (Å²) in [4.78, 5) is 2.53. The van der Waals surface area contributed by atoms with Gasteiger partial charge in [-0.3, -0.25) is 0 Å². The summed E-state index contributed by atoms with van der Waals surface area (Å²) >= 11 is 0. The fourth-order valence-corrected chi connectivity index (χ4v) is 12.0. The lowest BCUT2D eigenvalue weighted by molar-refractivity contribution is 0.420. The summed E-state index contributed by atoms with van der Waals surface area (Å²) in [7, 11) is 0. The van der Waals surface area contributed by atoms with Gasteiger partial charge in [0.1, 0.15) is 0 Å². The molecule has 0 saturated heterocycles. The second kappa shape index (κ2) is 14.9. The zero-order valence-electron chi connectivity index (χ0n) is 34.7. The minimum absolute atomic E-state index is 0.170. The van der Waals surface area contributed by atoms with Crippen LogP contribution in [-0.4, -0.2) is 0 Å². The van der Waals surface area contributed by atoms with Crippen molar-refractivity contribution in [1.82, 2.24) is 0 Å². The maximum atomic E-state index is 2.53. The van der Waals surface area contributed by atoms with Gasteiger partial charge in [0, 0.05) is 22.5 Å². The fraction of sp³-hybridized carbons (Fsp3) is 0.276. The maximum Gasteiger partial charge on any atom is 0.0467 e. The van der Waals surface area contributed by atoms with Crippen molar-refractivity contribution in [2.75, 3.05) is 4.90 Å². The van der Waals surface area contributed by atoms with E-state index in [1.54, 1.807) is 0 Å². The predicted octanol–water partition coefficient (Wildman–Crippen LogP) is 16.4. The number of rotatable bonds is 8. The number of nitrogens with zero attached hydrogens (tertiary/aromatic N) is 1. The van der Waals surface area contributed by atoms with Gasteiger partial charge in [0.2, 0.25) is 0 Å². The van der Waals surface area contributed by atoms with Gasteiger partial charge in [-0.05, 0) is 159 Å². The summed E-state index contributed by atoms with van der Waals surface area (Å²) in [5, 5.41) is 0. The highest BCUT2D eigenvalue weighted by molar-refractivity contribution is 5.98. The number of benzene rings is 7. The van der Waals surface area contributed by atoms with Gasteiger partial charge in [0.25, 0.3) is 0 Å². The summed E-state index contributed by atoms with van der Waals surface area (Å²) in [6, 6.07) is 62.4. The first kappa shape index (κ1) is 36.4. The topological polar surface area (TPSA) is 3.24 Å². The Morgan fingerprint density at radius 2 is 1.14 bits per heavy atom. The molecule has 3 fully saturated rings. The van der Waals surface area contributed by atoms with E-state index in [1.165, 1.54) is 142 Å². The smallest absolute Gasteiger partial charge is 0.0467 e. The van der Waals surface area contributed by atoms with Crippen molar-refractivity contribution in [1.29, 1.82) is 0 Å². The van der Waals surface area contributed by atoms with Crippen LogP contribution >= 0.6 is 0 Å². The van der Waals surface area contributed by atoms with Crippen molar-refractivity contribution in [2.45, 2.75) is 88.9 Å². The van der Waals surface area contributed by atoms with E-state index in [9.17, 15) is 0 Å². The Balaban J connectivity index is 1.04. The first-order valence-corrected chi connectivity index (χ1v) is 22.5. The average Bonchev–Trinajstić information content (AvgIpc) is 4.00. The molecule has 0 heterocycles. The second-order valence-corrected chi connectivity index (χ2v) is 18.7. The zero-order chi connectivity index (χ0) is 39.5. The average molecular weight is 766 g/mol. The van der Waals surface area contributed by atoms with Crippen LogP contribution in [0.15, 0.2) is 164 Å².